The fourth-order valence-corrected chi connectivity index (χ4v) is 2.47. The van der Waals surface area contributed by atoms with Crippen LogP contribution in [0.4, 0.5) is 5.69 Å². The summed E-state index contributed by atoms with van der Waals surface area (Å²) >= 11 is 0. The topological polar surface area (TPSA) is 70.9 Å². The molecule has 1 aliphatic heterocycles. The first-order valence-electron chi connectivity index (χ1n) is 7.04. The van der Waals surface area contributed by atoms with Gasteiger partial charge in [0, 0.05) is 12.0 Å². The quantitative estimate of drug-likeness (QED) is 0.853. The predicted octanol–water partition coefficient (Wildman–Crippen LogP) is 3.29. The lowest BCUT2D eigenvalue weighted by Crippen LogP contribution is -2.18. The number of benzene rings is 2. The molecule has 0 spiro atoms. The van der Waals surface area contributed by atoms with Crippen molar-refractivity contribution in [2.75, 3.05) is 12.0 Å². The highest BCUT2D eigenvalue weighted by molar-refractivity contribution is 6.04. The van der Waals surface area contributed by atoms with E-state index in [0.717, 1.165) is 22.6 Å². The van der Waals surface area contributed by atoms with Gasteiger partial charge in [0.05, 0.1) is 23.6 Å². The summed E-state index contributed by atoms with van der Waals surface area (Å²) in [7, 11) is 0. The molecular weight excluding hydrogens is 280 g/mol. The minimum absolute atomic E-state index is 0.198. The second-order valence-corrected chi connectivity index (χ2v) is 5.07. The zero-order valence-corrected chi connectivity index (χ0v) is 12.2. The fraction of sp³-hybridized carbons (Fsp3) is 0.176. The Bertz CT molecular complexity index is 753. The average molecular weight is 296 g/mol. The molecule has 0 fully saturated rings. The molecule has 2 N–H and O–H groups in total. The Labute approximate surface area is 128 Å². The number of aromatic carboxylic acids is 1. The van der Waals surface area contributed by atoms with Crippen molar-refractivity contribution in [3.05, 3.63) is 59.2 Å². The number of fused-ring (bicyclic) bond motifs is 1. The number of hydrazone groups is 1. The van der Waals surface area contributed by atoms with E-state index in [1.54, 1.807) is 24.3 Å². The summed E-state index contributed by atoms with van der Waals surface area (Å²) < 4.78 is 5.70. The molecule has 2 aromatic rings. The predicted molar refractivity (Wildman–Crippen MR) is 84.9 cm³/mol. The van der Waals surface area contributed by atoms with Crippen LogP contribution in [0.25, 0.3) is 0 Å². The number of aryl methyl sites for hydroxylation is 1. The fourth-order valence-electron chi connectivity index (χ4n) is 2.47. The molecule has 112 valence electrons. The maximum absolute atomic E-state index is 11.2. The SMILES string of the molecule is Cc1cccc2c1OCC/C2=N/Nc1ccccc1C(=O)O. The Balaban J connectivity index is 1.93. The van der Waals surface area contributed by atoms with Crippen LogP contribution in [0.3, 0.4) is 0 Å². The lowest BCUT2D eigenvalue weighted by atomic mass is 10.0. The van der Waals surface area contributed by atoms with Crippen molar-refractivity contribution >= 4 is 17.4 Å². The van der Waals surface area contributed by atoms with Crippen LogP contribution in [0, 0.1) is 6.92 Å². The van der Waals surface area contributed by atoms with Gasteiger partial charge >= 0.3 is 5.97 Å². The molecule has 0 atom stereocenters. The molecule has 0 aromatic heterocycles. The zero-order valence-electron chi connectivity index (χ0n) is 12.2. The first kappa shape index (κ1) is 14.1. The van der Waals surface area contributed by atoms with Crippen molar-refractivity contribution in [2.24, 2.45) is 5.10 Å². The maximum atomic E-state index is 11.2. The Morgan fingerprint density at radius 2 is 2.05 bits per heavy atom. The number of ether oxygens (including phenoxy) is 1. The van der Waals surface area contributed by atoms with E-state index in [2.05, 4.69) is 10.5 Å². The molecule has 0 saturated heterocycles. The van der Waals surface area contributed by atoms with Crippen LogP contribution in [0.2, 0.25) is 0 Å². The first-order valence-corrected chi connectivity index (χ1v) is 7.04. The molecule has 1 aliphatic rings. The van der Waals surface area contributed by atoms with Gasteiger partial charge < -0.3 is 9.84 Å². The van der Waals surface area contributed by atoms with Gasteiger partial charge in [-0.25, -0.2) is 4.79 Å². The van der Waals surface area contributed by atoms with Crippen LogP contribution in [-0.2, 0) is 0 Å². The Kier molecular flexibility index (Phi) is 3.78. The lowest BCUT2D eigenvalue weighted by Gasteiger charge is -2.20. The van der Waals surface area contributed by atoms with E-state index in [1.807, 2.05) is 25.1 Å². The number of hydrogen-bond donors (Lipinski definition) is 2. The minimum atomic E-state index is -0.980. The van der Waals surface area contributed by atoms with E-state index in [4.69, 9.17) is 4.74 Å². The van der Waals surface area contributed by atoms with E-state index >= 15 is 0 Å². The number of nitrogens with zero attached hydrogens (tertiary/aromatic N) is 1. The monoisotopic (exact) mass is 296 g/mol. The van der Waals surface area contributed by atoms with E-state index in [0.29, 0.717) is 18.7 Å². The molecule has 1 heterocycles. The number of carboxylic acids is 1. The van der Waals surface area contributed by atoms with Gasteiger partial charge in [-0.3, -0.25) is 5.43 Å². The Hall–Kier alpha value is -2.82. The summed E-state index contributed by atoms with van der Waals surface area (Å²) in [6, 6.07) is 12.6. The number of para-hydroxylation sites is 2. The molecule has 5 nitrogen and oxygen atoms in total. The van der Waals surface area contributed by atoms with Crippen LogP contribution in [0.15, 0.2) is 47.6 Å². The van der Waals surface area contributed by atoms with E-state index in [1.165, 1.54) is 0 Å². The summed E-state index contributed by atoms with van der Waals surface area (Å²) in [5.74, 6) is -0.132. The number of anilines is 1. The average Bonchev–Trinajstić information content (AvgIpc) is 2.53. The molecule has 0 unspecified atom stereocenters. The van der Waals surface area contributed by atoms with E-state index in [9.17, 15) is 9.90 Å². The Morgan fingerprint density at radius 1 is 1.23 bits per heavy atom. The highest BCUT2D eigenvalue weighted by atomic mass is 16.5. The summed E-state index contributed by atoms with van der Waals surface area (Å²) in [6.07, 6.45) is 0.679. The molecule has 0 bridgehead atoms. The standard InChI is InChI=1S/C17H16N2O3/c1-11-5-4-7-12-15(9-10-22-16(11)12)19-18-14-8-3-2-6-13(14)17(20)21/h2-8,18H,9-10H2,1H3,(H,20,21)/b19-15-. The van der Waals surface area contributed by atoms with Gasteiger partial charge in [0.2, 0.25) is 0 Å². The maximum Gasteiger partial charge on any atom is 0.337 e. The molecule has 3 rings (SSSR count). The van der Waals surface area contributed by atoms with Gasteiger partial charge in [-0.05, 0) is 30.7 Å². The Morgan fingerprint density at radius 3 is 2.86 bits per heavy atom. The van der Waals surface area contributed by atoms with Gasteiger partial charge in [0.25, 0.3) is 0 Å². The van der Waals surface area contributed by atoms with Gasteiger partial charge in [0.15, 0.2) is 0 Å². The highest BCUT2D eigenvalue weighted by Crippen LogP contribution is 2.28. The molecule has 0 amide bonds. The zero-order chi connectivity index (χ0) is 15.5. The highest BCUT2D eigenvalue weighted by Gasteiger charge is 2.18. The van der Waals surface area contributed by atoms with Gasteiger partial charge in [0.1, 0.15) is 5.75 Å². The third kappa shape index (κ3) is 2.65. The van der Waals surface area contributed by atoms with Crippen LogP contribution >= 0.6 is 0 Å². The van der Waals surface area contributed by atoms with Crippen molar-refractivity contribution in [1.29, 1.82) is 0 Å². The van der Waals surface area contributed by atoms with Crippen LogP contribution in [0.5, 0.6) is 5.75 Å². The number of carbonyl (C=O) groups is 1. The third-order valence-electron chi connectivity index (χ3n) is 3.58. The molecule has 5 heteroatoms. The van der Waals surface area contributed by atoms with Gasteiger partial charge in [-0.2, -0.15) is 5.10 Å². The normalized spacial score (nSPS) is 15.0. The molecule has 0 radical (unpaired) electrons. The second-order valence-electron chi connectivity index (χ2n) is 5.07. The summed E-state index contributed by atoms with van der Waals surface area (Å²) in [5, 5.41) is 13.6. The van der Waals surface area contributed by atoms with Crippen molar-refractivity contribution in [3.8, 4) is 5.75 Å². The largest absolute Gasteiger partial charge is 0.492 e. The molecule has 22 heavy (non-hydrogen) atoms. The van der Waals surface area contributed by atoms with E-state index in [-0.39, 0.29) is 5.56 Å². The van der Waals surface area contributed by atoms with Crippen molar-refractivity contribution in [2.45, 2.75) is 13.3 Å². The van der Waals surface area contributed by atoms with Gasteiger partial charge in [-0.15, -0.1) is 0 Å². The van der Waals surface area contributed by atoms with E-state index < -0.39 is 5.97 Å². The summed E-state index contributed by atoms with van der Waals surface area (Å²) in [6.45, 7) is 2.56. The third-order valence-corrected chi connectivity index (χ3v) is 3.58. The number of carboxylic acid groups (broad SMARTS) is 1. The van der Waals surface area contributed by atoms with Crippen molar-refractivity contribution in [1.82, 2.24) is 0 Å². The number of nitrogens with one attached hydrogen (secondary N) is 1. The van der Waals surface area contributed by atoms with Crippen molar-refractivity contribution < 1.29 is 14.6 Å². The number of hydrogen-bond acceptors (Lipinski definition) is 4. The molecule has 0 aliphatic carbocycles. The van der Waals surface area contributed by atoms with Crippen LogP contribution in [0.1, 0.15) is 27.9 Å². The summed E-state index contributed by atoms with van der Waals surface area (Å²) in [5.41, 5.74) is 6.43. The molecule has 0 saturated carbocycles. The molecular formula is C17H16N2O3. The van der Waals surface area contributed by atoms with Crippen molar-refractivity contribution in [3.63, 3.8) is 0 Å². The van der Waals surface area contributed by atoms with Gasteiger partial charge in [-0.1, -0.05) is 24.3 Å². The number of rotatable bonds is 3. The van der Waals surface area contributed by atoms with Crippen LogP contribution < -0.4 is 10.2 Å². The summed E-state index contributed by atoms with van der Waals surface area (Å²) in [4.78, 5) is 11.2. The lowest BCUT2D eigenvalue weighted by molar-refractivity contribution is 0.0698. The van der Waals surface area contributed by atoms with Crippen LogP contribution in [-0.4, -0.2) is 23.4 Å². The molecule has 2 aromatic carbocycles. The first-order chi connectivity index (χ1) is 10.7. The second kappa shape index (κ2) is 5.89. The smallest absolute Gasteiger partial charge is 0.337 e. The minimum Gasteiger partial charge on any atom is -0.492 e.